The number of nitrogens with zero attached hydrogens (tertiary/aromatic N) is 1. The van der Waals surface area contributed by atoms with Crippen molar-refractivity contribution in [2.24, 2.45) is 17.8 Å². The van der Waals surface area contributed by atoms with Crippen molar-refractivity contribution < 1.29 is 4.74 Å². The van der Waals surface area contributed by atoms with E-state index < -0.39 is 0 Å². The largest absolute Gasteiger partial charge is 0.496 e. The second kappa shape index (κ2) is 8.06. The molecular weight excluding hydrogens is 336 g/mol. The van der Waals surface area contributed by atoms with Gasteiger partial charge in [-0.05, 0) is 56.3 Å². The van der Waals surface area contributed by atoms with E-state index >= 15 is 0 Å². The molecule has 0 amide bonds. The summed E-state index contributed by atoms with van der Waals surface area (Å²) >= 11 is 0. The van der Waals surface area contributed by atoms with Crippen molar-refractivity contribution >= 4 is 0 Å². The Bertz CT molecular complexity index is 762. The van der Waals surface area contributed by atoms with Gasteiger partial charge >= 0.3 is 0 Å². The molecule has 3 N–H and O–H groups in total. The highest BCUT2D eigenvalue weighted by molar-refractivity contribution is 5.46. The molecule has 1 saturated heterocycles. The van der Waals surface area contributed by atoms with E-state index in [1.165, 1.54) is 24.1 Å². The van der Waals surface area contributed by atoms with Crippen LogP contribution in [-0.4, -0.2) is 32.8 Å². The van der Waals surface area contributed by atoms with Gasteiger partial charge in [-0.1, -0.05) is 18.2 Å². The maximum Gasteiger partial charge on any atom is 0.132 e. The van der Waals surface area contributed by atoms with Crippen LogP contribution in [0.3, 0.4) is 0 Å². The molecule has 4 rings (SSSR count). The van der Waals surface area contributed by atoms with Gasteiger partial charge in [0.25, 0.3) is 0 Å². The molecule has 3 unspecified atom stereocenters. The van der Waals surface area contributed by atoms with Crippen molar-refractivity contribution in [3.05, 3.63) is 59.2 Å². The van der Waals surface area contributed by atoms with Crippen LogP contribution in [0.25, 0.3) is 0 Å². The summed E-state index contributed by atoms with van der Waals surface area (Å²) in [5, 5.41) is 20.1. The average Bonchev–Trinajstić information content (AvgIpc) is 2.74. The third kappa shape index (κ3) is 3.81. The number of methoxy groups -OCH3 is 1. The molecule has 4 aliphatic rings. The average molecular weight is 364 g/mol. The summed E-state index contributed by atoms with van der Waals surface area (Å²) in [6.07, 6.45) is 16.4. The van der Waals surface area contributed by atoms with Crippen LogP contribution in [0, 0.1) is 29.1 Å². The second-order valence-electron chi connectivity index (χ2n) is 7.69. The molecule has 0 saturated carbocycles. The Labute approximate surface area is 161 Å². The van der Waals surface area contributed by atoms with Crippen molar-refractivity contribution in [1.82, 2.24) is 16.0 Å². The number of ether oxygens (including phenoxy) is 1. The van der Waals surface area contributed by atoms with E-state index in [2.05, 4.69) is 52.5 Å². The molecule has 142 valence electrons. The molecule has 5 nitrogen and oxygen atoms in total. The zero-order chi connectivity index (χ0) is 18.6. The smallest absolute Gasteiger partial charge is 0.132 e. The van der Waals surface area contributed by atoms with E-state index in [1.54, 1.807) is 7.11 Å². The number of hydrogen-bond donors (Lipinski definition) is 3. The van der Waals surface area contributed by atoms with E-state index in [0.717, 1.165) is 26.1 Å². The van der Waals surface area contributed by atoms with Gasteiger partial charge in [-0.2, -0.15) is 5.26 Å². The number of allylic oxidation sites excluding steroid dienone is 7. The maximum absolute atomic E-state index is 9.45. The molecule has 2 aliphatic heterocycles. The Balaban J connectivity index is 1.59. The zero-order valence-corrected chi connectivity index (χ0v) is 15.9. The van der Waals surface area contributed by atoms with Crippen LogP contribution < -0.4 is 16.0 Å². The van der Waals surface area contributed by atoms with Crippen molar-refractivity contribution in [2.45, 2.75) is 25.3 Å². The minimum atomic E-state index is 0.229. The summed E-state index contributed by atoms with van der Waals surface area (Å²) in [7, 11) is 1.63. The Hall–Kier alpha value is -2.45. The van der Waals surface area contributed by atoms with Crippen LogP contribution in [0.15, 0.2) is 59.2 Å². The van der Waals surface area contributed by atoms with Gasteiger partial charge in [0, 0.05) is 36.0 Å². The minimum Gasteiger partial charge on any atom is -0.496 e. The highest BCUT2D eigenvalue weighted by atomic mass is 16.5. The highest BCUT2D eigenvalue weighted by Gasteiger charge is 2.31. The molecule has 5 heteroatoms. The molecule has 1 fully saturated rings. The summed E-state index contributed by atoms with van der Waals surface area (Å²) in [5.74, 6) is 1.79. The number of nitriles is 1. The Morgan fingerprint density at radius 3 is 2.89 bits per heavy atom. The van der Waals surface area contributed by atoms with Gasteiger partial charge in [0.15, 0.2) is 0 Å². The van der Waals surface area contributed by atoms with Crippen LogP contribution in [0.1, 0.15) is 19.3 Å². The van der Waals surface area contributed by atoms with Crippen molar-refractivity contribution in [3.63, 3.8) is 0 Å². The molecule has 2 heterocycles. The van der Waals surface area contributed by atoms with E-state index in [-0.39, 0.29) is 5.92 Å². The third-order valence-corrected chi connectivity index (χ3v) is 6.01. The van der Waals surface area contributed by atoms with Crippen LogP contribution in [0.5, 0.6) is 0 Å². The Morgan fingerprint density at radius 2 is 2.11 bits per heavy atom. The maximum atomic E-state index is 9.45. The normalized spacial score (nSPS) is 30.6. The van der Waals surface area contributed by atoms with Gasteiger partial charge in [-0.25, -0.2) is 0 Å². The Morgan fingerprint density at radius 1 is 1.26 bits per heavy atom. The van der Waals surface area contributed by atoms with Crippen LogP contribution in [0.2, 0.25) is 0 Å². The third-order valence-electron chi connectivity index (χ3n) is 6.01. The van der Waals surface area contributed by atoms with Gasteiger partial charge in [-0.3, -0.25) is 0 Å². The van der Waals surface area contributed by atoms with Crippen LogP contribution >= 0.6 is 0 Å². The monoisotopic (exact) mass is 364 g/mol. The topological polar surface area (TPSA) is 69.1 Å². The molecule has 27 heavy (non-hydrogen) atoms. The van der Waals surface area contributed by atoms with Gasteiger partial charge < -0.3 is 20.7 Å². The standard InChI is InChI=1S/C22H28N4O/c1-27-22-3-2-15(10-18(22)13-23)17-11-16-4-7-25-14-20(16)21(12-17)26-19-5-8-24-9-6-19/h3-4,7,10-12,15-16,19-20,24-26H,2,5-6,8-9,14H2,1H3. The fraction of sp³-hybridized carbons (Fsp3) is 0.500. The molecule has 0 aromatic heterocycles. The predicted octanol–water partition coefficient (Wildman–Crippen LogP) is 2.50. The van der Waals surface area contributed by atoms with Gasteiger partial charge in [0.1, 0.15) is 11.8 Å². The quantitative estimate of drug-likeness (QED) is 0.715. The minimum absolute atomic E-state index is 0.229. The van der Waals surface area contributed by atoms with E-state index in [9.17, 15) is 5.26 Å². The summed E-state index contributed by atoms with van der Waals surface area (Å²) in [4.78, 5) is 0. The van der Waals surface area contributed by atoms with Gasteiger partial charge in [0.2, 0.25) is 0 Å². The molecule has 3 atom stereocenters. The molecule has 0 aromatic carbocycles. The van der Waals surface area contributed by atoms with E-state index in [1.807, 2.05) is 6.08 Å². The van der Waals surface area contributed by atoms with Crippen LogP contribution in [-0.2, 0) is 4.74 Å². The predicted molar refractivity (Wildman–Crippen MR) is 106 cm³/mol. The first-order valence-electron chi connectivity index (χ1n) is 9.95. The summed E-state index contributed by atoms with van der Waals surface area (Å²) in [6, 6.07) is 2.82. The molecule has 0 bridgehead atoms. The lowest BCUT2D eigenvalue weighted by Gasteiger charge is -2.37. The first kappa shape index (κ1) is 17.9. The van der Waals surface area contributed by atoms with Crippen molar-refractivity contribution in [2.75, 3.05) is 26.7 Å². The summed E-state index contributed by atoms with van der Waals surface area (Å²) < 4.78 is 5.34. The van der Waals surface area contributed by atoms with Gasteiger partial charge in [0.05, 0.1) is 12.7 Å². The number of fused-ring (bicyclic) bond motifs is 1. The molecule has 2 aliphatic carbocycles. The van der Waals surface area contributed by atoms with Crippen molar-refractivity contribution in [3.8, 4) is 6.07 Å². The zero-order valence-electron chi connectivity index (χ0n) is 15.9. The lowest BCUT2D eigenvalue weighted by molar-refractivity contribution is 0.298. The summed E-state index contributed by atoms with van der Waals surface area (Å²) in [5.41, 5.74) is 3.28. The number of nitrogens with one attached hydrogen (secondary N) is 3. The molecule has 0 aromatic rings. The Kier molecular flexibility index (Phi) is 5.35. The molecular formula is C22H28N4O. The lowest BCUT2D eigenvalue weighted by atomic mass is 9.76. The molecule has 0 radical (unpaired) electrons. The number of rotatable bonds is 4. The highest BCUT2D eigenvalue weighted by Crippen LogP contribution is 2.37. The number of hydrogen-bond acceptors (Lipinski definition) is 5. The first-order valence-corrected chi connectivity index (χ1v) is 9.95. The first-order chi connectivity index (χ1) is 13.3. The van der Waals surface area contributed by atoms with Crippen molar-refractivity contribution in [1.29, 1.82) is 5.26 Å². The SMILES string of the molecule is COC1=CCC(C2=CC3C=CNCC3C(NC3CCNCC3)=C2)C=C1C#N. The number of piperidine rings is 1. The fourth-order valence-electron chi connectivity index (χ4n) is 4.48. The fourth-order valence-corrected chi connectivity index (χ4v) is 4.48. The second-order valence-corrected chi connectivity index (χ2v) is 7.69. The van der Waals surface area contributed by atoms with E-state index in [4.69, 9.17) is 4.74 Å². The van der Waals surface area contributed by atoms with E-state index in [0.29, 0.717) is 29.2 Å². The molecule has 0 spiro atoms. The van der Waals surface area contributed by atoms with Gasteiger partial charge in [-0.15, -0.1) is 0 Å². The lowest BCUT2D eigenvalue weighted by Crippen LogP contribution is -2.44. The van der Waals surface area contributed by atoms with Crippen LogP contribution in [0.4, 0.5) is 0 Å². The summed E-state index contributed by atoms with van der Waals surface area (Å²) in [6.45, 7) is 3.13.